The molecule has 90 valence electrons. The van der Waals surface area contributed by atoms with Crippen molar-refractivity contribution in [3.63, 3.8) is 0 Å². The summed E-state index contributed by atoms with van der Waals surface area (Å²) in [5.41, 5.74) is 8.82. The Bertz CT molecular complexity index is 673. The summed E-state index contributed by atoms with van der Waals surface area (Å²) in [6, 6.07) is 14.2. The molecule has 4 nitrogen and oxygen atoms in total. The number of imidazole rings is 1. The average Bonchev–Trinajstić information content (AvgIpc) is 2.80. The number of aromatic nitrogens is 3. The van der Waals surface area contributed by atoms with Crippen LogP contribution in [-0.4, -0.2) is 14.6 Å². The molecule has 18 heavy (non-hydrogen) atoms. The number of nitrogens with zero attached hydrogens (tertiary/aromatic N) is 3. The van der Waals surface area contributed by atoms with Crippen molar-refractivity contribution in [1.29, 1.82) is 0 Å². The normalized spacial score (nSPS) is 12.7. The second-order valence-electron chi connectivity index (χ2n) is 4.34. The SMILES string of the molecule is C[C@@H](c1ccccc1)c1ccc2ncc(N)n2n1. The molecule has 0 aliphatic rings. The lowest BCUT2D eigenvalue weighted by molar-refractivity contribution is 0.798. The molecule has 0 saturated carbocycles. The Kier molecular flexibility index (Phi) is 2.48. The zero-order chi connectivity index (χ0) is 12.5. The monoisotopic (exact) mass is 238 g/mol. The Hall–Kier alpha value is -2.36. The highest BCUT2D eigenvalue weighted by molar-refractivity contribution is 5.46. The largest absolute Gasteiger partial charge is 0.382 e. The Morgan fingerprint density at radius 1 is 1.11 bits per heavy atom. The Labute approximate surface area is 105 Å². The Balaban J connectivity index is 2.06. The van der Waals surface area contributed by atoms with Gasteiger partial charge in [0, 0.05) is 5.92 Å². The van der Waals surface area contributed by atoms with Crippen molar-refractivity contribution in [2.24, 2.45) is 0 Å². The molecular formula is C14H14N4. The van der Waals surface area contributed by atoms with E-state index in [1.807, 2.05) is 30.3 Å². The zero-order valence-electron chi connectivity index (χ0n) is 10.1. The van der Waals surface area contributed by atoms with Crippen molar-refractivity contribution >= 4 is 11.5 Å². The van der Waals surface area contributed by atoms with E-state index in [2.05, 4.69) is 29.1 Å². The maximum absolute atomic E-state index is 5.82. The lowest BCUT2D eigenvalue weighted by Crippen LogP contribution is -2.05. The molecule has 2 aromatic heterocycles. The molecule has 2 heterocycles. The van der Waals surface area contributed by atoms with E-state index in [9.17, 15) is 0 Å². The van der Waals surface area contributed by atoms with Gasteiger partial charge in [0.25, 0.3) is 0 Å². The van der Waals surface area contributed by atoms with Crippen LogP contribution in [0.2, 0.25) is 0 Å². The fourth-order valence-corrected chi connectivity index (χ4v) is 2.05. The number of nitrogen functional groups attached to an aromatic ring is 1. The van der Waals surface area contributed by atoms with Gasteiger partial charge in [0.1, 0.15) is 5.82 Å². The number of rotatable bonds is 2. The zero-order valence-corrected chi connectivity index (χ0v) is 10.1. The second kappa shape index (κ2) is 4.14. The smallest absolute Gasteiger partial charge is 0.155 e. The predicted molar refractivity (Wildman–Crippen MR) is 71.4 cm³/mol. The number of nitrogens with two attached hydrogens (primary N) is 1. The van der Waals surface area contributed by atoms with Crippen LogP contribution in [0.4, 0.5) is 5.82 Å². The van der Waals surface area contributed by atoms with Crippen LogP contribution in [0.1, 0.15) is 24.1 Å². The first-order chi connectivity index (χ1) is 8.75. The average molecular weight is 238 g/mol. The fraction of sp³-hybridized carbons (Fsp3) is 0.143. The van der Waals surface area contributed by atoms with Crippen LogP contribution in [0.15, 0.2) is 48.7 Å². The second-order valence-corrected chi connectivity index (χ2v) is 4.34. The maximum Gasteiger partial charge on any atom is 0.155 e. The number of benzene rings is 1. The first-order valence-electron chi connectivity index (χ1n) is 5.91. The van der Waals surface area contributed by atoms with Gasteiger partial charge in [-0.05, 0) is 17.7 Å². The van der Waals surface area contributed by atoms with Crippen molar-refractivity contribution < 1.29 is 0 Å². The van der Waals surface area contributed by atoms with E-state index in [4.69, 9.17) is 5.73 Å². The maximum atomic E-state index is 5.82. The van der Waals surface area contributed by atoms with E-state index in [-0.39, 0.29) is 5.92 Å². The number of anilines is 1. The summed E-state index contributed by atoms with van der Waals surface area (Å²) in [5, 5.41) is 4.54. The van der Waals surface area contributed by atoms with Crippen LogP contribution < -0.4 is 5.73 Å². The van der Waals surface area contributed by atoms with Gasteiger partial charge < -0.3 is 5.73 Å². The van der Waals surface area contributed by atoms with Gasteiger partial charge in [-0.25, -0.2) is 4.98 Å². The highest BCUT2D eigenvalue weighted by Gasteiger charge is 2.11. The Morgan fingerprint density at radius 3 is 2.67 bits per heavy atom. The molecule has 0 amide bonds. The number of hydrogen-bond donors (Lipinski definition) is 1. The number of hydrogen-bond acceptors (Lipinski definition) is 3. The van der Waals surface area contributed by atoms with Crippen LogP contribution in [0.25, 0.3) is 5.65 Å². The quantitative estimate of drug-likeness (QED) is 0.746. The molecule has 2 N–H and O–H groups in total. The van der Waals surface area contributed by atoms with Crippen LogP contribution >= 0.6 is 0 Å². The van der Waals surface area contributed by atoms with E-state index in [1.165, 1.54) is 5.56 Å². The van der Waals surface area contributed by atoms with Crippen molar-refractivity contribution in [2.45, 2.75) is 12.8 Å². The Morgan fingerprint density at radius 2 is 1.89 bits per heavy atom. The molecule has 1 atom stereocenters. The van der Waals surface area contributed by atoms with Crippen molar-refractivity contribution in [3.8, 4) is 0 Å². The molecule has 1 aromatic carbocycles. The molecule has 0 saturated heterocycles. The third-order valence-electron chi connectivity index (χ3n) is 3.15. The van der Waals surface area contributed by atoms with Crippen molar-refractivity contribution in [3.05, 3.63) is 59.9 Å². The van der Waals surface area contributed by atoms with Crippen molar-refractivity contribution in [2.75, 3.05) is 5.73 Å². The fourth-order valence-electron chi connectivity index (χ4n) is 2.05. The van der Waals surface area contributed by atoms with Gasteiger partial charge in [-0.2, -0.15) is 9.61 Å². The minimum absolute atomic E-state index is 0.234. The van der Waals surface area contributed by atoms with Crippen LogP contribution in [0.5, 0.6) is 0 Å². The topological polar surface area (TPSA) is 56.2 Å². The summed E-state index contributed by atoms with van der Waals surface area (Å²) in [7, 11) is 0. The molecule has 3 rings (SSSR count). The molecule has 0 fully saturated rings. The summed E-state index contributed by atoms with van der Waals surface area (Å²) >= 11 is 0. The third kappa shape index (κ3) is 1.72. The van der Waals surface area contributed by atoms with E-state index < -0.39 is 0 Å². The molecule has 0 aliphatic carbocycles. The first-order valence-corrected chi connectivity index (χ1v) is 5.91. The van der Waals surface area contributed by atoms with Gasteiger partial charge in [0.05, 0.1) is 11.9 Å². The summed E-state index contributed by atoms with van der Waals surface area (Å²) in [4.78, 5) is 4.17. The van der Waals surface area contributed by atoms with Crippen molar-refractivity contribution in [1.82, 2.24) is 14.6 Å². The van der Waals surface area contributed by atoms with Crippen LogP contribution in [-0.2, 0) is 0 Å². The lowest BCUT2D eigenvalue weighted by atomic mass is 9.98. The van der Waals surface area contributed by atoms with Gasteiger partial charge in [0.2, 0.25) is 0 Å². The van der Waals surface area contributed by atoms with Gasteiger partial charge in [-0.15, -0.1) is 0 Å². The molecule has 3 aromatic rings. The highest BCUT2D eigenvalue weighted by Crippen LogP contribution is 2.22. The highest BCUT2D eigenvalue weighted by atomic mass is 15.3. The van der Waals surface area contributed by atoms with E-state index in [1.54, 1.807) is 10.7 Å². The minimum atomic E-state index is 0.234. The summed E-state index contributed by atoms with van der Waals surface area (Å²) in [6.07, 6.45) is 1.62. The predicted octanol–water partition coefficient (Wildman–Crippen LogP) is 2.46. The molecule has 0 radical (unpaired) electrons. The van der Waals surface area contributed by atoms with E-state index in [0.29, 0.717) is 5.82 Å². The standard InChI is InChI=1S/C14H14N4/c1-10(11-5-3-2-4-6-11)12-7-8-14-16-9-13(15)18(14)17-12/h2-10H,15H2,1H3/t10-/m0/s1. The third-order valence-corrected chi connectivity index (χ3v) is 3.15. The molecule has 4 heteroatoms. The van der Waals surface area contributed by atoms with Crippen LogP contribution in [0, 0.1) is 0 Å². The van der Waals surface area contributed by atoms with E-state index >= 15 is 0 Å². The molecule has 0 unspecified atom stereocenters. The molecule has 0 bridgehead atoms. The van der Waals surface area contributed by atoms with Gasteiger partial charge in [-0.3, -0.25) is 0 Å². The van der Waals surface area contributed by atoms with E-state index in [0.717, 1.165) is 11.3 Å². The first kappa shape index (κ1) is 10.8. The minimum Gasteiger partial charge on any atom is -0.382 e. The summed E-state index contributed by atoms with van der Waals surface area (Å²) < 4.78 is 1.68. The van der Waals surface area contributed by atoms with Gasteiger partial charge in [0.15, 0.2) is 5.65 Å². The summed E-state index contributed by atoms with van der Waals surface area (Å²) in [6.45, 7) is 2.14. The number of fused-ring (bicyclic) bond motifs is 1. The summed E-state index contributed by atoms with van der Waals surface area (Å²) in [5.74, 6) is 0.796. The van der Waals surface area contributed by atoms with Crippen LogP contribution in [0.3, 0.4) is 0 Å². The van der Waals surface area contributed by atoms with Gasteiger partial charge >= 0.3 is 0 Å². The molecular weight excluding hydrogens is 224 g/mol. The molecule has 0 aliphatic heterocycles. The molecule has 0 spiro atoms. The lowest BCUT2D eigenvalue weighted by Gasteiger charge is -2.11. The van der Waals surface area contributed by atoms with Gasteiger partial charge in [-0.1, -0.05) is 37.3 Å².